The van der Waals surface area contributed by atoms with E-state index < -0.39 is 6.10 Å². The molecule has 2 amide bonds. The summed E-state index contributed by atoms with van der Waals surface area (Å²) in [5.74, 6) is -0.454. The Morgan fingerprint density at radius 2 is 1.58 bits per heavy atom. The molecule has 0 fully saturated rings. The van der Waals surface area contributed by atoms with Gasteiger partial charge in [0.1, 0.15) is 0 Å². The zero-order chi connectivity index (χ0) is 17.5. The predicted molar refractivity (Wildman–Crippen MR) is 94.9 cm³/mol. The number of aliphatic hydroxyl groups excluding tert-OH is 1. The molecule has 2 rings (SSSR count). The number of hydrogen-bond donors (Lipinski definition) is 3. The quantitative estimate of drug-likeness (QED) is 0.762. The van der Waals surface area contributed by atoms with Crippen molar-refractivity contribution >= 4 is 23.2 Å². The Balaban J connectivity index is 1.99. The van der Waals surface area contributed by atoms with Gasteiger partial charge in [-0.15, -0.1) is 0 Å². The molecule has 2 aromatic carbocycles. The molecule has 5 heteroatoms. The van der Waals surface area contributed by atoms with Crippen LogP contribution in [-0.2, 0) is 4.79 Å². The molecule has 1 atom stereocenters. The Morgan fingerprint density at radius 1 is 0.958 bits per heavy atom. The molecule has 0 spiro atoms. The Hall–Kier alpha value is -2.66. The summed E-state index contributed by atoms with van der Waals surface area (Å²) >= 11 is 0. The Morgan fingerprint density at radius 3 is 2.21 bits per heavy atom. The van der Waals surface area contributed by atoms with Crippen molar-refractivity contribution < 1.29 is 14.7 Å². The second-order valence-electron chi connectivity index (χ2n) is 5.96. The maximum Gasteiger partial charge on any atom is 0.255 e. The average Bonchev–Trinajstić information content (AvgIpc) is 2.55. The third-order valence-electron chi connectivity index (χ3n) is 3.60. The van der Waals surface area contributed by atoms with Crippen molar-refractivity contribution in [3.05, 3.63) is 60.2 Å². The topological polar surface area (TPSA) is 78.4 Å². The highest BCUT2D eigenvalue weighted by atomic mass is 16.3. The zero-order valence-electron chi connectivity index (χ0n) is 13.8. The van der Waals surface area contributed by atoms with Gasteiger partial charge in [0, 0.05) is 16.9 Å². The summed E-state index contributed by atoms with van der Waals surface area (Å²) in [5.41, 5.74) is 1.72. The average molecular weight is 326 g/mol. The standard InChI is InChI=1S/C19H22N2O3/c1-13(2)17(22)12-18(23)20-15-9-6-10-16(11-15)21-19(24)14-7-4-3-5-8-14/h3-11,13,17,22H,12H2,1-2H3,(H,20,23)(H,21,24). The van der Waals surface area contributed by atoms with Crippen molar-refractivity contribution in [2.75, 3.05) is 10.6 Å². The van der Waals surface area contributed by atoms with Crippen LogP contribution in [-0.4, -0.2) is 23.0 Å². The highest BCUT2D eigenvalue weighted by molar-refractivity contribution is 6.04. The van der Waals surface area contributed by atoms with E-state index in [0.29, 0.717) is 16.9 Å². The first-order chi connectivity index (χ1) is 11.5. The molecular weight excluding hydrogens is 304 g/mol. The van der Waals surface area contributed by atoms with Gasteiger partial charge in [0.05, 0.1) is 12.5 Å². The maximum atomic E-state index is 12.1. The summed E-state index contributed by atoms with van der Waals surface area (Å²) in [6.07, 6.45) is -0.635. The second-order valence-corrected chi connectivity index (χ2v) is 5.96. The number of amides is 2. The van der Waals surface area contributed by atoms with E-state index >= 15 is 0 Å². The largest absolute Gasteiger partial charge is 0.392 e. The third-order valence-corrected chi connectivity index (χ3v) is 3.60. The summed E-state index contributed by atoms with van der Waals surface area (Å²) in [7, 11) is 0. The lowest BCUT2D eigenvalue weighted by Crippen LogP contribution is -2.23. The van der Waals surface area contributed by atoms with Crippen molar-refractivity contribution in [3.63, 3.8) is 0 Å². The Kier molecular flexibility index (Phi) is 6.09. The van der Waals surface area contributed by atoms with Crippen LogP contribution in [0.15, 0.2) is 54.6 Å². The molecule has 0 radical (unpaired) electrons. The molecule has 3 N–H and O–H groups in total. The summed E-state index contributed by atoms with van der Waals surface area (Å²) in [5, 5.41) is 15.3. The molecule has 0 aromatic heterocycles. The fourth-order valence-electron chi connectivity index (χ4n) is 2.11. The van der Waals surface area contributed by atoms with Crippen molar-refractivity contribution in [1.82, 2.24) is 0 Å². The summed E-state index contributed by atoms with van der Waals surface area (Å²) in [6, 6.07) is 15.8. The first-order valence-corrected chi connectivity index (χ1v) is 7.90. The van der Waals surface area contributed by atoms with Crippen LogP contribution in [0, 0.1) is 5.92 Å². The van der Waals surface area contributed by atoms with E-state index in [9.17, 15) is 14.7 Å². The van der Waals surface area contributed by atoms with Crippen molar-refractivity contribution in [2.45, 2.75) is 26.4 Å². The number of hydrogen-bond acceptors (Lipinski definition) is 3. The van der Waals surface area contributed by atoms with Crippen LogP contribution in [0.4, 0.5) is 11.4 Å². The number of anilines is 2. The van der Waals surface area contributed by atoms with Crippen LogP contribution in [0.3, 0.4) is 0 Å². The van der Waals surface area contributed by atoms with Crippen molar-refractivity contribution in [1.29, 1.82) is 0 Å². The Bertz CT molecular complexity index is 699. The van der Waals surface area contributed by atoms with Gasteiger partial charge in [-0.05, 0) is 36.2 Å². The molecular formula is C19H22N2O3. The fourth-order valence-corrected chi connectivity index (χ4v) is 2.11. The van der Waals surface area contributed by atoms with Crippen molar-refractivity contribution in [3.8, 4) is 0 Å². The number of nitrogens with one attached hydrogen (secondary N) is 2. The van der Waals surface area contributed by atoms with Crippen LogP contribution in [0.2, 0.25) is 0 Å². The van der Waals surface area contributed by atoms with Crippen LogP contribution in [0.1, 0.15) is 30.6 Å². The number of benzene rings is 2. The van der Waals surface area contributed by atoms with E-state index in [1.807, 2.05) is 19.9 Å². The van der Waals surface area contributed by atoms with Gasteiger partial charge in [-0.25, -0.2) is 0 Å². The van der Waals surface area contributed by atoms with E-state index in [2.05, 4.69) is 10.6 Å². The van der Waals surface area contributed by atoms with E-state index in [4.69, 9.17) is 0 Å². The van der Waals surface area contributed by atoms with Gasteiger partial charge in [-0.1, -0.05) is 38.1 Å². The molecule has 0 bridgehead atoms. The molecule has 0 aliphatic carbocycles. The predicted octanol–water partition coefficient (Wildman–Crippen LogP) is 3.28. The van der Waals surface area contributed by atoms with Crippen LogP contribution >= 0.6 is 0 Å². The van der Waals surface area contributed by atoms with Gasteiger partial charge >= 0.3 is 0 Å². The van der Waals surface area contributed by atoms with Crippen LogP contribution in [0.5, 0.6) is 0 Å². The van der Waals surface area contributed by atoms with Crippen LogP contribution in [0.25, 0.3) is 0 Å². The molecule has 0 saturated carbocycles. The van der Waals surface area contributed by atoms with Gasteiger partial charge in [0.25, 0.3) is 5.91 Å². The SMILES string of the molecule is CC(C)C(O)CC(=O)Nc1cccc(NC(=O)c2ccccc2)c1. The van der Waals surface area contributed by atoms with E-state index in [1.165, 1.54) is 0 Å². The van der Waals surface area contributed by atoms with Crippen molar-refractivity contribution in [2.24, 2.45) is 5.92 Å². The van der Waals surface area contributed by atoms with Gasteiger partial charge in [0.15, 0.2) is 0 Å². The maximum absolute atomic E-state index is 12.1. The summed E-state index contributed by atoms with van der Waals surface area (Å²) in [6.45, 7) is 3.72. The van der Waals surface area contributed by atoms with E-state index in [-0.39, 0.29) is 24.2 Å². The number of carbonyl (C=O) groups is 2. The lowest BCUT2D eigenvalue weighted by molar-refractivity contribution is -0.118. The molecule has 5 nitrogen and oxygen atoms in total. The van der Waals surface area contributed by atoms with Gasteiger partial charge in [-0.2, -0.15) is 0 Å². The minimum Gasteiger partial charge on any atom is -0.392 e. The highest BCUT2D eigenvalue weighted by Crippen LogP contribution is 2.17. The number of rotatable bonds is 6. The molecule has 0 aliphatic heterocycles. The summed E-state index contributed by atoms with van der Waals surface area (Å²) in [4.78, 5) is 24.1. The normalized spacial score (nSPS) is 11.8. The second kappa shape index (κ2) is 8.26. The lowest BCUT2D eigenvalue weighted by atomic mass is 10.0. The van der Waals surface area contributed by atoms with Crippen LogP contribution < -0.4 is 10.6 Å². The minimum absolute atomic E-state index is 0.0206. The molecule has 0 saturated heterocycles. The third kappa shape index (κ3) is 5.21. The zero-order valence-corrected chi connectivity index (χ0v) is 13.8. The highest BCUT2D eigenvalue weighted by Gasteiger charge is 2.14. The van der Waals surface area contributed by atoms with Gasteiger partial charge in [-0.3, -0.25) is 9.59 Å². The molecule has 1 unspecified atom stereocenters. The first-order valence-electron chi connectivity index (χ1n) is 7.90. The molecule has 24 heavy (non-hydrogen) atoms. The Labute approximate surface area is 141 Å². The number of carbonyl (C=O) groups excluding carboxylic acids is 2. The number of aliphatic hydroxyl groups is 1. The molecule has 0 aliphatic rings. The fraction of sp³-hybridized carbons (Fsp3) is 0.263. The first kappa shape index (κ1) is 17.7. The molecule has 0 heterocycles. The smallest absolute Gasteiger partial charge is 0.255 e. The van der Waals surface area contributed by atoms with Gasteiger partial charge < -0.3 is 15.7 Å². The van der Waals surface area contributed by atoms with E-state index in [0.717, 1.165) is 0 Å². The lowest BCUT2D eigenvalue weighted by Gasteiger charge is -2.14. The molecule has 126 valence electrons. The monoisotopic (exact) mass is 326 g/mol. The summed E-state index contributed by atoms with van der Waals surface area (Å²) < 4.78 is 0. The minimum atomic E-state index is -0.675. The van der Waals surface area contributed by atoms with E-state index in [1.54, 1.807) is 48.5 Å². The van der Waals surface area contributed by atoms with Gasteiger partial charge in [0.2, 0.25) is 5.91 Å². The molecule has 2 aromatic rings.